The minimum Gasteiger partial charge on any atom is -0.466 e. The second-order valence-electron chi connectivity index (χ2n) is 8.39. The van der Waals surface area contributed by atoms with E-state index in [-0.39, 0.29) is 17.7 Å². The number of nitrogen functional groups attached to an aromatic ring is 1. The van der Waals surface area contributed by atoms with Gasteiger partial charge in [-0.1, -0.05) is 11.6 Å². The van der Waals surface area contributed by atoms with Crippen molar-refractivity contribution in [1.82, 2.24) is 19.7 Å². The average Bonchev–Trinajstić information content (AvgIpc) is 3.21. The van der Waals surface area contributed by atoms with Crippen molar-refractivity contribution >= 4 is 40.4 Å². The van der Waals surface area contributed by atoms with Crippen LogP contribution >= 0.6 is 11.6 Å². The number of aromatic nitrogens is 4. The van der Waals surface area contributed by atoms with Crippen molar-refractivity contribution in [3.05, 3.63) is 59.4 Å². The molecule has 8 nitrogen and oxygen atoms in total. The molecule has 2 aromatic heterocycles. The van der Waals surface area contributed by atoms with E-state index in [1.54, 1.807) is 35.9 Å². The van der Waals surface area contributed by atoms with E-state index in [0.29, 0.717) is 58.8 Å². The highest BCUT2D eigenvalue weighted by molar-refractivity contribution is 6.30. The minimum atomic E-state index is -0.350. The Hall–Kier alpha value is -3.72. The third-order valence-corrected chi connectivity index (χ3v) is 6.32. The molecule has 0 spiro atoms. The standard InChI is InChI=1S/C25H24ClFN6O2/c1-2-35-24(34)16-4-3-13-32(14-16)25-29-21(15-5-9-18(27)10-6-15)20-22(28)33(31-23(20)30-25)19-11-7-17(26)8-12-19/h5-12,16H,2-4,13-14,28H2,1H3/t16-/m1/s1. The van der Waals surface area contributed by atoms with E-state index in [1.807, 2.05) is 17.0 Å². The number of halogens is 2. The predicted octanol–water partition coefficient (Wildman–Crippen LogP) is 4.64. The van der Waals surface area contributed by atoms with Gasteiger partial charge in [-0.25, -0.2) is 14.1 Å². The summed E-state index contributed by atoms with van der Waals surface area (Å²) in [6.45, 7) is 3.28. The Morgan fingerprint density at radius 3 is 2.63 bits per heavy atom. The van der Waals surface area contributed by atoms with Crippen LogP contribution < -0.4 is 10.6 Å². The molecule has 4 aromatic rings. The summed E-state index contributed by atoms with van der Waals surface area (Å²) >= 11 is 6.04. The predicted molar refractivity (Wildman–Crippen MR) is 133 cm³/mol. The molecule has 0 amide bonds. The first-order valence-corrected chi connectivity index (χ1v) is 11.8. The Bertz CT molecular complexity index is 1370. The third kappa shape index (κ3) is 4.51. The van der Waals surface area contributed by atoms with E-state index in [2.05, 4.69) is 5.10 Å². The average molecular weight is 495 g/mol. The highest BCUT2D eigenvalue weighted by Crippen LogP contribution is 2.34. The van der Waals surface area contributed by atoms with Crippen LogP contribution in [0.15, 0.2) is 48.5 Å². The Morgan fingerprint density at radius 1 is 1.17 bits per heavy atom. The molecule has 1 aliphatic rings. The SMILES string of the molecule is CCOC(=O)[C@@H]1CCCN(c2nc(-c3ccc(F)cc3)c3c(N)n(-c4ccc(Cl)cc4)nc3n2)C1. The van der Waals surface area contributed by atoms with Gasteiger partial charge in [0.2, 0.25) is 5.95 Å². The molecule has 180 valence electrons. The summed E-state index contributed by atoms with van der Waals surface area (Å²) in [6.07, 6.45) is 1.55. The summed E-state index contributed by atoms with van der Waals surface area (Å²) < 4.78 is 20.5. The molecular weight excluding hydrogens is 471 g/mol. The zero-order chi connectivity index (χ0) is 24.5. The van der Waals surface area contributed by atoms with Crippen molar-refractivity contribution in [2.75, 3.05) is 30.3 Å². The van der Waals surface area contributed by atoms with E-state index in [1.165, 1.54) is 12.1 Å². The van der Waals surface area contributed by atoms with Gasteiger partial charge in [-0.15, -0.1) is 5.10 Å². The Morgan fingerprint density at radius 2 is 1.91 bits per heavy atom. The number of carbonyl (C=O) groups excluding carboxylic acids is 1. The van der Waals surface area contributed by atoms with Crippen molar-refractivity contribution < 1.29 is 13.9 Å². The first-order valence-electron chi connectivity index (χ1n) is 11.4. The van der Waals surface area contributed by atoms with Crippen molar-refractivity contribution in [3.8, 4) is 16.9 Å². The molecule has 0 bridgehead atoms. The Labute approximate surface area is 206 Å². The fraction of sp³-hybridized carbons (Fsp3) is 0.280. The number of esters is 1. The van der Waals surface area contributed by atoms with Gasteiger partial charge in [-0.3, -0.25) is 4.79 Å². The number of nitrogens with two attached hydrogens (primary N) is 1. The van der Waals surface area contributed by atoms with Crippen LogP contribution in [0.4, 0.5) is 16.2 Å². The monoisotopic (exact) mass is 494 g/mol. The largest absolute Gasteiger partial charge is 0.466 e. The summed E-state index contributed by atoms with van der Waals surface area (Å²) in [4.78, 5) is 23.9. The van der Waals surface area contributed by atoms with E-state index in [0.717, 1.165) is 18.5 Å². The smallest absolute Gasteiger partial charge is 0.310 e. The van der Waals surface area contributed by atoms with Crippen LogP contribution in [0.5, 0.6) is 0 Å². The maximum atomic E-state index is 13.7. The summed E-state index contributed by atoms with van der Waals surface area (Å²) in [5.74, 6) is -0.0255. The Balaban J connectivity index is 1.63. The molecule has 35 heavy (non-hydrogen) atoms. The van der Waals surface area contributed by atoms with Gasteiger partial charge in [0, 0.05) is 23.7 Å². The van der Waals surface area contributed by atoms with Crippen LogP contribution in [0.3, 0.4) is 0 Å². The van der Waals surface area contributed by atoms with Crippen molar-refractivity contribution in [2.45, 2.75) is 19.8 Å². The molecule has 1 atom stereocenters. The van der Waals surface area contributed by atoms with Gasteiger partial charge in [0.15, 0.2) is 5.65 Å². The molecular formula is C25H24ClFN6O2. The highest BCUT2D eigenvalue weighted by Gasteiger charge is 2.29. The van der Waals surface area contributed by atoms with Gasteiger partial charge in [0.05, 0.1) is 29.3 Å². The summed E-state index contributed by atoms with van der Waals surface area (Å²) in [5.41, 5.74) is 8.89. The summed E-state index contributed by atoms with van der Waals surface area (Å²) in [7, 11) is 0. The van der Waals surface area contributed by atoms with Crippen LogP contribution in [-0.2, 0) is 9.53 Å². The second kappa shape index (κ2) is 9.50. The van der Waals surface area contributed by atoms with E-state index < -0.39 is 0 Å². The molecule has 5 rings (SSSR count). The number of fused-ring (bicyclic) bond motifs is 1. The molecule has 0 unspecified atom stereocenters. The van der Waals surface area contributed by atoms with Gasteiger partial charge in [0.1, 0.15) is 11.6 Å². The number of hydrogen-bond donors (Lipinski definition) is 1. The van der Waals surface area contributed by atoms with Crippen LogP contribution in [0.2, 0.25) is 5.02 Å². The van der Waals surface area contributed by atoms with Gasteiger partial charge in [-0.2, -0.15) is 4.98 Å². The van der Waals surface area contributed by atoms with E-state index >= 15 is 0 Å². The zero-order valence-corrected chi connectivity index (χ0v) is 19.9. The van der Waals surface area contributed by atoms with Crippen molar-refractivity contribution in [2.24, 2.45) is 5.92 Å². The Kier molecular flexibility index (Phi) is 6.25. The quantitative estimate of drug-likeness (QED) is 0.403. The number of anilines is 2. The molecule has 3 heterocycles. The molecule has 1 saturated heterocycles. The van der Waals surface area contributed by atoms with Crippen LogP contribution in [0.1, 0.15) is 19.8 Å². The fourth-order valence-electron chi connectivity index (χ4n) is 4.35. The van der Waals surface area contributed by atoms with Gasteiger partial charge < -0.3 is 15.4 Å². The highest BCUT2D eigenvalue weighted by atomic mass is 35.5. The first-order chi connectivity index (χ1) is 16.9. The van der Waals surface area contributed by atoms with Crippen LogP contribution in [-0.4, -0.2) is 45.4 Å². The van der Waals surface area contributed by atoms with Gasteiger partial charge >= 0.3 is 5.97 Å². The molecule has 1 fully saturated rings. The van der Waals surface area contributed by atoms with Crippen LogP contribution in [0.25, 0.3) is 28.0 Å². The lowest BCUT2D eigenvalue weighted by atomic mass is 9.98. The summed E-state index contributed by atoms with van der Waals surface area (Å²) in [6, 6.07) is 13.2. The number of benzene rings is 2. The molecule has 2 N–H and O–H groups in total. The van der Waals surface area contributed by atoms with E-state index in [9.17, 15) is 9.18 Å². The third-order valence-electron chi connectivity index (χ3n) is 6.07. The van der Waals surface area contributed by atoms with Crippen LogP contribution in [0, 0.1) is 11.7 Å². The molecule has 1 aliphatic heterocycles. The lowest BCUT2D eigenvalue weighted by molar-refractivity contribution is -0.148. The summed E-state index contributed by atoms with van der Waals surface area (Å²) in [5, 5.41) is 5.82. The lowest BCUT2D eigenvalue weighted by Crippen LogP contribution is -2.40. The number of ether oxygens (including phenoxy) is 1. The van der Waals surface area contributed by atoms with Gasteiger partial charge in [-0.05, 0) is 68.3 Å². The topological polar surface area (TPSA) is 99.2 Å². The number of hydrogen-bond acceptors (Lipinski definition) is 7. The number of carbonyl (C=O) groups is 1. The molecule has 2 aromatic carbocycles. The molecule has 0 saturated carbocycles. The second-order valence-corrected chi connectivity index (χ2v) is 8.82. The van der Waals surface area contributed by atoms with Crippen molar-refractivity contribution in [3.63, 3.8) is 0 Å². The zero-order valence-electron chi connectivity index (χ0n) is 19.1. The normalized spacial score (nSPS) is 16.0. The first kappa shape index (κ1) is 23.0. The maximum absolute atomic E-state index is 13.7. The van der Waals surface area contributed by atoms with Crippen molar-refractivity contribution in [1.29, 1.82) is 0 Å². The number of piperidine rings is 1. The molecule has 0 aliphatic carbocycles. The lowest BCUT2D eigenvalue weighted by Gasteiger charge is -2.31. The molecule has 10 heteroatoms. The number of rotatable bonds is 5. The maximum Gasteiger partial charge on any atom is 0.310 e. The van der Waals surface area contributed by atoms with Gasteiger partial charge in [0.25, 0.3) is 0 Å². The number of nitrogens with zero attached hydrogens (tertiary/aromatic N) is 5. The molecule has 0 radical (unpaired) electrons. The fourth-order valence-corrected chi connectivity index (χ4v) is 4.47. The minimum absolute atomic E-state index is 0.215. The van der Waals surface area contributed by atoms with E-state index in [4.69, 9.17) is 32.0 Å².